The van der Waals surface area contributed by atoms with Crippen LogP contribution in [0, 0.1) is 46.3 Å². The first kappa shape index (κ1) is 53.3. The number of hydrogen-bond acceptors (Lipinski definition) is 20. The molecule has 0 aromatic heterocycles. The number of ether oxygens (including phenoxy) is 10. The molecule has 6 heterocycles. The molecule has 20 nitrogen and oxygen atoms in total. The average Bonchev–Trinajstić information content (AvgIpc) is 3.79. The predicted molar refractivity (Wildman–Crippen MR) is 244 cm³/mol. The summed E-state index contributed by atoms with van der Waals surface area (Å²) in [5.74, 6) is 2.46. The van der Waals surface area contributed by atoms with Crippen molar-refractivity contribution < 1.29 is 98.4 Å². The summed E-state index contributed by atoms with van der Waals surface area (Å²) in [6.45, 7) is 14.1. The van der Waals surface area contributed by atoms with E-state index in [0.29, 0.717) is 48.3 Å². The molecule has 6 saturated heterocycles. The fourth-order valence-corrected chi connectivity index (χ4v) is 15.4. The highest BCUT2D eigenvalue weighted by Crippen LogP contribution is 2.71. The normalized spacial score (nSPS) is 58.4. The third-order valence-corrected chi connectivity index (χ3v) is 19.7. The van der Waals surface area contributed by atoms with Crippen LogP contribution in [0.1, 0.15) is 106 Å². The van der Waals surface area contributed by atoms with Crippen LogP contribution in [-0.4, -0.2) is 205 Å². The fraction of sp³-hybridized carbons (Fsp3) is 0.961. The Hall–Kier alpha value is -1.06. The lowest BCUT2D eigenvalue weighted by Crippen LogP contribution is -2.67. The minimum Gasteiger partial charge on any atom is -0.394 e. The van der Waals surface area contributed by atoms with Gasteiger partial charge in [0.25, 0.3) is 0 Å². The SMILES string of the molecule is C[C@@H]1CC[C@@]2(OC1)O[C@H]1C[C@H]3[C@@H]4CC=C5C[C@@H](O[C@@H]6O[C@@H](CO)[C@@H](O[C@@H]7O[C@@H](C)[C@H](O[C@@H]8O[C@@H](C)[C@H](O)[C@H](O)[C@H]8O)[C@H](O)[C@H]7O)[C@H](O)[C@@H]6O[C@@H]6O[C@@H](C)[C@H](O)[C@H](O)[C@H]6O)CC[C@]5(C)[C@H]4CC[C@]3(C)[C@H]1[C@@H]2C. The van der Waals surface area contributed by atoms with Crippen molar-refractivity contribution in [3.63, 3.8) is 0 Å². The zero-order valence-electron chi connectivity index (χ0n) is 42.1. The van der Waals surface area contributed by atoms with Crippen LogP contribution in [0.15, 0.2) is 11.6 Å². The Morgan fingerprint density at radius 2 is 1.20 bits per heavy atom. The first-order valence-electron chi connectivity index (χ1n) is 26.6. The number of aliphatic hydroxyl groups is 10. The number of allylic oxidation sites excluding steroid dienone is 1. The molecule has 0 aromatic carbocycles. The van der Waals surface area contributed by atoms with Gasteiger partial charge in [-0.25, -0.2) is 0 Å². The van der Waals surface area contributed by atoms with Gasteiger partial charge in [-0.2, -0.15) is 0 Å². The Labute approximate surface area is 415 Å². The van der Waals surface area contributed by atoms with Gasteiger partial charge in [-0.15, -0.1) is 0 Å². The van der Waals surface area contributed by atoms with Crippen LogP contribution < -0.4 is 0 Å². The topological polar surface area (TPSA) is 295 Å². The fourth-order valence-electron chi connectivity index (χ4n) is 15.4. The zero-order valence-corrected chi connectivity index (χ0v) is 42.1. The summed E-state index contributed by atoms with van der Waals surface area (Å²) < 4.78 is 62.2. The largest absolute Gasteiger partial charge is 0.394 e. The van der Waals surface area contributed by atoms with Gasteiger partial charge in [0.15, 0.2) is 30.9 Å². The Bertz CT molecular complexity index is 1890. The van der Waals surface area contributed by atoms with Crippen LogP contribution >= 0.6 is 0 Å². The number of aliphatic hydroxyl groups excluding tert-OH is 10. The van der Waals surface area contributed by atoms with Crippen LogP contribution in [0.5, 0.6) is 0 Å². The van der Waals surface area contributed by atoms with E-state index in [4.69, 9.17) is 47.4 Å². The highest BCUT2D eigenvalue weighted by molar-refractivity contribution is 5.26. The number of hydrogen-bond donors (Lipinski definition) is 10. The van der Waals surface area contributed by atoms with Crippen molar-refractivity contribution in [2.45, 2.75) is 247 Å². The molecule has 1 spiro atoms. The van der Waals surface area contributed by atoms with Crippen molar-refractivity contribution in [2.75, 3.05) is 13.2 Å². The van der Waals surface area contributed by atoms with E-state index >= 15 is 0 Å². The molecule has 10 N–H and O–H groups in total. The molecular formula is C51H82O20. The van der Waals surface area contributed by atoms with Gasteiger partial charge in [0.05, 0.1) is 43.7 Å². The number of fused-ring (bicyclic) bond motifs is 7. The van der Waals surface area contributed by atoms with Gasteiger partial charge < -0.3 is 98.4 Å². The van der Waals surface area contributed by atoms with Crippen LogP contribution in [0.2, 0.25) is 0 Å². The van der Waals surface area contributed by atoms with Crippen molar-refractivity contribution >= 4 is 0 Å². The third-order valence-electron chi connectivity index (χ3n) is 19.7. The van der Waals surface area contributed by atoms with Crippen molar-refractivity contribution in [2.24, 2.45) is 46.3 Å². The minimum atomic E-state index is -1.85. The van der Waals surface area contributed by atoms with Gasteiger partial charge in [0.2, 0.25) is 0 Å². The molecule has 10 rings (SSSR count). The summed E-state index contributed by atoms with van der Waals surface area (Å²) in [5.41, 5.74) is 1.44. The molecular weight excluding hydrogens is 933 g/mol. The third kappa shape index (κ3) is 9.03. The second-order valence-electron chi connectivity index (χ2n) is 23.8. The molecule has 31 atom stereocenters. The second-order valence-corrected chi connectivity index (χ2v) is 23.8. The summed E-state index contributed by atoms with van der Waals surface area (Å²) in [6, 6.07) is 0. The predicted octanol–water partition coefficient (Wildman–Crippen LogP) is 0.0935. The molecule has 0 radical (unpaired) electrons. The van der Waals surface area contributed by atoms with E-state index in [1.165, 1.54) is 26.3 Å². The summed E-state index contributed by atoms with van der Waals surface area (Å²) in [5, 5.41) is 109. The Morgan fingerprint density at radius 3 is 1.82 bits per heavy atom. The highest BCUT2D eigenvalue weighted by Gasteiger charge is 2.69. The van der Waals surface area contributed by atoms with Gasteiger partial charge in [-0.05, 0) is 113 Å². The quantitative estimate of drug-likeness (QED) is 0.137. The van der Waals surface area contributed by atoms with Gasteiger partial charge in [0, 0.05) is 12.3 Å². The zero-order chi connectivity index (χ0) is 50.8. The van der Waals surface area contributed by atoms with E-state index in [1.807, 2.05) is 0 Å². The smallest absolute Gasteiger partial charge is 0.187 e. The summed E-state index contributed by atoms with van der Waals surface area (Å²) in [6.07, 6.45) is -19.0. The molecule has 0 bridgehead atoms. The maximum Gasteiger partial charge on any atom is 0.187 e. The van der Waals surface area contributed by atoms with Crippen LogP contribution in [0.25, 0.3) is 0 Å². The van der Waals surface area contributed by atoms with E-state index in [-0.39, 0.29) is 16.9 Å². The van der Waals surface area contributed by atoms with Crippen LogP contribution in [0.4, 0.5) is 0 Å². The van der Waals surface area contributed by atoms with Crippen molar-refractivity contribution in [3.8, 4) is 0 Å². The molecule has 10 aliphatic rings. The maximum atomic E-state index is 12.2. The monoisotopic (exact) mass is 1010 g/mol. The molecule has 9 fully saturated rings. The Balaban J connectivity index is 0.836. The lowest BCUT2D eigenvalue weighted by molar-refractivity contribution is -0.394. The van der Waals surface area contributed by atoms with Gasteiger partial charge in [-0.1, -0.05) is 39.3 Å². The molecule has 71 heavy (non-hydrogen) atoms. The molecule has 406 valence electrons. The van der Waals surface area contributed by atoms with E-state index in [9.17, 15) is 51.1 Å². The molecule has 0 amide bonds. The van der Waals surface area contributed by atoms with E-state index in [1.54, 1.807) is 0 Å². The standard InChI is InChI=1S/C51H82O20/c1-20-10-15-51(62-19-20)21(2)32-30(71-51)17-29-27-9-8-25-16-26(11-13-49(25,6)28(27)12-14-50(29,32)7)66-48-44(70-46-39(59)36(56)34(54)23(4)64-46)41(61)43(31(18-52)67-48)69-47-40(60)37(57)42(24(5)65-47)68-45-38(58)35(55)33(53)22(3)63-45/h8,20-24,26-48,52-61H,9-19H2,1-7H3/t20-,21+,22+,23+,24+,26+,27-,28+,29+,30+,31+,32+,33+,34+,35+,36+,37-,38-,39-,40-,41+,42+,43-,44+,45+,46+,47+,48-,49+,50+,51-/m1/s1. The average molecular weight is 1020 g/mol. The first-order valence-corrected chi connectivity index (χ1v) is 26.6. The molecule has 20 heteroatoms. The lowest BCUT2D eigenvalue weighted by Gasteiger charge is -2.59. The highest BCUT2D eigenvalue weighted by atomic mass is 16.8. The minimum absolute atomic E-state index is 0.0569. The second kappa shape index (κ2) is 20.1. The van der Waals surface area contributed by atoms with E-state index in [2.05, 4.69) is 33.8 Å². The van der Waals surface area contributed by atoms with Gasteiger partial charge in [0.1, 0.15) is 79.4 Å². The summed E-state index contributed by atoms with van der Waals surface area (Å²) in [7, 11) is 0. The van der Waals surface area contributed by atoms with Gasteiger partial charge in [-0.3, -0.25) is 0 Å². The van der Waals surface area contributed by atoms with Gasteiger partial charge >= 0.3 is 0 Å². The first-order chi connectivity index (χ1) is 33.6. The Kier molecular flexibility index (Phi) is 15.1. The van der Waals surface area contributed by atoms with Crippen molar-refractivity contribution in [1.29, 1.82) is 0 Å². The lowest BCUT2D eigenvalue weighted by atomic mass is 9.47. The van der Waals surface area contributed by atoms with Crippen LogP contribution in [0.3, 0.4) is 0 Å². The maximum absolute atomic E-state index is 12.2. The molecule has 0 unspecified atom stereocenters. The molecule has 0 aromatic rings. The molecule has 4 aliphatic carbocycles. The molecule has 3 saturated carbocycles. The van der Waals surface area contributed by atoms with Crippen molar-refractivity contribution in [1.82, 2.24) is 0 Å². The Morgan fingerprint density at radius 1 is 0.592 bits per heavy atom. The van der Waals surface area contributed by atoms with Crippen LogP contribution in [-0.2, 0) is 47.4 Å². The summed E-state index contributed by atoms with van der Waals surface area (Å²) >= 11 is 0. The summed E-state index contributed by atoms with van der Waals surface area (Å²) in [4.78, 5) is 0. The van der Waals surface area contributed by atoms with Crippen molar-refractivity contribution in [3.05, 3.63) is 11.6 Å². The number of rotatable bonds is 9. The van der Waals surface area contributed by atoms with E-state index < -0.39 is 141 Å². The van der Waals surface area contributed by atoms with E-state index in [0.717, 1.165) is 51.6 Å². The molecule has 6 aliphatic heterocycles.